The van der Waals surface area contributed by atoms with Crippen LogP contribution in [0.15, 0.2) is 28.7 Å². The van der Waals surface area contributed by atoms with Crippen molar-refractivity contribution in [2.45, 2.75) is 6.92 Å². The molecule has 0 fully saturated rings. The van der Waals surface area contributed by atoms with E-state index in [4.69, 9.17) is 0 Å². The molecule has 1 N–H and O–H groups in total. The number of aryl methyl sites for hydroxylation is 1. The molecule has 1 nitrogen and oxygen atoms in total. The number of fused-ring (bicyclic) bond motifs is 1. The summed E-state index contributed by atoms with van der Waals surface area (Å²) in [5.41, 5.74) is 2.41. The second-order valence-corrected chi connectivity index (χ2v) is 3.60. The Kier molecular flexibility index (Phi) is 1.50. The Morgan fingerprint density at radius 1 is 1.27 bits per heavy atom. The Labute approximate surface area is 73.6 Å². The third-order valence-corrected chi connectivity index (χ3v) is 2.21. The topological polar surface area (TPSA) is 15.8 Å². The first kappa shape index (κ1) is 6.92. The van der Waals surface area contributed by atoms with Crippen LogP contribution >= 0.6 is 15.9 Å². The second-order valence-electron chi connectivity index (χ2n) is 2.68. The Hall–Kier alpha value is -0.760. The van der Waals surface area contributed by atoms with Gasteiger partial charge in [-0.25, -0.2) is 0 Å². The van der Waals surface area contributed by atoms with Crippen molar-refractivity contribution in [1.29, 1.82) is 0 Å². The van der Waals surface area contributed by atoms with E-state index in [0.29, 0.717) is 0 Å². The Bertz CT molecular complexity index is 389. The molecule has 0 radical (unpaired) electrons. The van der Waals surface area contributed by atoms with Crippen molar-refractivity contribution >= 4 is 26.8 Å². The van der Waals surface area contributed by atoms with Crippen molar-refractivity contribution in [3.63, 3.8) is 0 Å². The fourth-order valence-corrected chi connectivity index (χ4v) is 1.63. The number of H-pyrrole nitrogens is 1. The van der Waals surface area contributed by atoms with E-state index in [9.17, 15) is 0 Å². The number of hydrogen-bond acceptors (Lipinski definition) is 0. The van der Waals surface area contributed by atoms with Gasteiger partial charge in [-0.1, -0.05) is 15.9 Å². The zero-order chi connectivity index (χ0) is 7.84. The lowest BCUT2D eigenvalue weighted by molar-refractivity contribution is 1.30. The summed E-state index contributed by atoms with van der Waals surface area (Å²) < 4.78 is 1.13. The highest BCUT2D eigenvalue weighted by Crippen LogP contribution is 2.19. The zero-order valence-electron chi connectivity index (χ0n) is 6.19. The molecule has 1 aromatic carbocycles. The van der Waals surface area contributed by atoms with E-state index in [1.807, 2.05) is 6.07 Å². The molecule has 0 atom stereocenters. The first-order chi connectivity index (χ1) is 5.25. The summed E-state index contributed by atoms with van der Waals surface area (Å²) in [5.74, 6) is 0. The molecule has 0 bridgehead atoms. The van der Waals surface area contributed by atoms with Gasteiger partial charge >= 0.3 is 0 Å². The number of nitrogens with one attached hydrogen (secondary N) is 1. The van der Waals surface area contributed by atoms with Gasteiger partial charge in [-0.15, -0.1) is 0 Å². The number of halogens is 1. The summed E-state index contributed by atoms with van der Waals surface area (Å²) in [6.07, 6.45) is 0. The molecular weight excluding hydrogens is 202 g/mol. The van der Waals surface area contributed by atoms with Gasteiger partial charge in [0.25, 0.3) is 0 Å². The van der Waals surface area contributed by atoms with Gasteiger partial charge in [0.1, 0.15) is 0 Å². The van der Waals surface area contributed by atoms with Crippen molar-refractivity contribution in [2.24, 2.45) is 0 Å². The van der Waals surface area contributed by atoms with Crippen LogP contribution < -0.4 is 0 Å². The van der Waals surface area contributed by atoms with E-state index < -0.39 is 0 Å². The van der Waals surface area contributed by atoms with Crippen LogP contribution in [-0.2, 0) is 0 Å². The molecule has 56 valence electrons. The summed E-state index contributed by atoms with van der Waals surface area (Å²) in [7, 11) is 0. The van der Waals surface area contributed by atoms with Gasteiger partial charge in [0.05, 0.1) is 0 Å². The number of benzene rings is 1. The van der Waals surface area contributed by atoms with Crippen LogP contribution in [0.4, 0.5) is 0 Å². The van der Waals surface area contributed by atoms with Crippen molar-refractivity contribution in [2.75, 3.05) is 0 Å². The maximum atomic E-state index is 3.43. The molecule has 0 spiro atoms. The highest BCUT2D eigenvalue weighted by atomic mass is 79.9. The standard InChI is InChI=1S/C9H8BrN/c1-6-4-7-5-8(10)2-3-9(7)11-6/h2-5,11H,1H3. The van der Waals surface area contributed by atoms with E-state index in [-0.39, 0.29) is 0 Å². The number of aromatic nitrogens is 1. The predicted octanol–water partition coefficient (Wildman–Crippen LogP) is 3.24. The van der Waals surface area contributed by atoms with Gasteiger partial charge in [-0.2, -0.15) is 0 Å². The van der Waals surface area contributed by atoms with Gasteiger partial charge in [0.2, 0.25) is 0 Å². The highest BCUT2D eigenvalue weighted by molar-refractivity contribution is 9.10. The quantitative estimate of drug-likeness (QED) is 0.686. The minimum absolute atomic E-state index is 1.13. The maximum Gasteiger partial charge on any atom is 0.0456 e. The molecule has 0 aliphatic rings. The minimum atomic E-state index is 1.13. The number of hydrogen-bond donors (Lipinski definition) is 1. The molecule has 2 heteroatoms. The van der Waals surface area contributed by atoms with Gasteiger partial charge in [-0.3, -0.25) is 0 Å². The summed E-state index contributed by atoms with van der Waals surface area (Å²) in [6, 6.07) is 8.36. The van der Waals surface area contributed by atoms with Gasteiger partial charge in [0, 0.05) is 21.1 Å². The first-order valence-corrected chi connectivity index (χ1v) is 4.30. The van der Waals surface area contributed by atoms with Crippen LogP contribution in [-0.4, -0.2) is 4.98 Å². The third-order valence-electron chi connectivity index (χ3n) is 1.72. The van der Waals surface area contributed by atoms with Crippen LogP contribution in [0.1, 0.15) is 5.69 Å². The molecule has 0 aliphatic heterocycles. The molecule has 0 amide bonds. The Morgan fingerprint density at radius 3 is 2.91 bits per heavy atom. The first-order valence-electron chi connectivity index (χ1n) is 3.50. The van der Waals surface area contributed by atoms with Crippen LogP contribution in [0.2, 0.25) is 0 Å². The maximum absolute atomic E-state index is 3.43. The second kappa shape index (κ2) is 2.38. The lowest BCUT2D eigenvalue weighted by atomic mass is 10.2. The molecule has 0 unspecified atom stereocenters. The van der Waals surface area contributed by atoms with E-state index in [1.165, 1.54) is 16.6 Å². The number of rotatable bonds is 0. The lowest BCUT2D eigenvalue weighted by Gasteiger charge is -1.89. The van der Waals surface area contributed by atoms with E-state index >= 15 is 0 Å². The molecule has 2 aromatic rings. The average molecular weight is 210 g/mol. The molecule has 0 aliphatic carbocycles. The average Bonchev–Trinajstić information content (AvgIpc) is 2.27. The van der Waals surface area contributed by atoms with Crippen molar-refractivity contribution in [3.05, 3.63) is 34.4 Å². The summed E-state index contributed by atoms with van der Waals surface area (Å²) in [6.45, 7) is 2.06. The van der Waals surface area contributed by atoms with Crippen LogP contribution in [0, 0.1) is 6.92 Å². The van der Waals surface area contributed by atoms with Gasteiger partial charge < -0.3 is 4.98 Å². The van der Waals surface area contributed by atoms with E-state index in [0.717, 1.165) is 4.47 Å². The van der Waals surface area contributed by atoms with E-state index in [2.05, 4.69) is 46.0 Å². The lowest BCUT2D eigenvalue weighted by Crippen LogP contribution is -1.67. The monoisotopic (exact) mass is 209 g/mol. The molecule has 11 heavy (non-hydrogen) atoms. The van der Waals surface area contributed by atoms with Crippen molar-refractivity contribution in [1.82, 2.24) is 4.98 Å². The zero-order valence-corrected chi connectivity index (χ0v) is 7.77. The van der Waals surface area contributed by atoms with E-state index in [1.54, 1.807) is 0 Å². The van der Waals surface area contributed by atoms with Crippen LogP contribution in [0.5, 0.6) is 0 Å². The number of aromatic amines is 1. The third kappa shape index (κ3) is 1.18. The Balaban J connectivity index is 2.82. The van der Waals surface area contributed by atoms with Gasteiger partial charge in [-0.05, 0) is 31.2 Å². The summed E-state index contributed by atoms with van der Waals surface area (Å²) in [5, 5.41) is 1.26. The normalized spacial score (nSPS) is 10.7. The SMILES string of the molecule is Cc1cc2cc(Br)ccc2[nH]1. The van der Waals surface area contributed by atoms with Crippen LogP contribution in [0.3, 0.4) is 0 Å². The molecule has 1 aromatic heterocycles. The fourth-order valence-electron chi connectivity index (χ4n) is 1.25. The smallest absolute Gasteiger partial charge is 0.0456 e. The molecular formula is C9H8BrN. The summed E-state index contributed by atoms with van der Waals surface area (Å²) >= 11 is 3.43. The minimum Gasteiger partial charge on any atom is -0.359 e. The van der Waals surface area contributed by atoms with Crippen molar-refractivity contribution < 1.29 is 0 Å². The fraction of sp³-hybridized carbons (Fsp3) is 0.111. The molecule has 2 rings (SSSR count). The predicted molar refractivity (Wildman–Crippen MR) is 50.7 cm³/mol. The Morgan fingerprint density at radius 2 is 2.09 bits per heavy atom. The van der Waals surface area contributed by atoms with Crippen LogP contribution in [0.25, 0.3) is 10.9 Å². The van der Waals surface area contributed by atoms with Crippen molar-refractivity contribution in [3.8, 4) is 0 Å². The van der Waals surface area contributed by atoms with Gasteiger partial charge in [0.15, 0.2) is 0 Å². The molecule has 1 heterocycles. The largest absolute Gasteiger partial charge is 0.359 e. The molecule has 0 saturated carbocycles. The highest BCUT2D eigenvalue weighted by Gasteiger charge is 1.95. The molecule has 0 saturated heterocycles. The summed E-state index contributed by atoms with van der Waals surface area (Å²) in [4.78, 5) is 3.26.